The third-order valence-corrected chi connectivity index (χ3v) is 5.33. The zero-order chi connectivity index (χ0) is 12.0. The Balaban J connectivity index is 2.57. The number of thiophene rings is 1. The molecule has 0 fully saturated rings. The lowest BCUT2D eigenvalue weighted by Gasteiger charge is -1.98. The average molecular weight is 326 g/mol. The zero-order valence-electron chi connectivity index (χ0n) is 8.54. The molecule has 3 aromatic rings. The number of aldehydes is 1. The van der Waals surface area contributed by atoms with Crippen molar-refractivity contribution in [2.24, 2.45) is 0 Å². The maximum atomic E-state index is 10.9. The monoisotopic (exact) mass is 324 g/mol. The molecule has 0 spiro atoms. The van der Waals surface area contributed by atoms with Crippen LogP contribution >= 0.6 is 38.9 Å². The summed E-state index contributed by atoms with van der Waals surface area (Å²) < 4.78 is 3.05. The van der Waals surface area contributed by atoms with Crippen LogP contribution in [0.5, 0.6) is 0 Å². The Kier molecular flexibility index (Phi) is 2.69. The molecular weight excluding hydrogens is 320 g/mol. The van der Waals surface area contributed by atoms with Crippen LogP contribution in [0.3, 0.4) is 0 Å². The lowest BCUT2D eigenvalue weighted by Crippen LogP contribution is -1.81. The van der Waals surface area contributed by atoms with Gasteiger partial charge in [-0.15, -0.1) is 11.3 Å². The molecule has 17 heavy (non-hydrogen) atoms. The smallest absolute Gasteiger partial charge is 0.151 e. The van der Waals surface area contributed by atoms with Crippen molar-refractivity contribution >= 4 is 65.3 Å². The highest BCUT2D eigenvalue weighted by atomic mass is 79.9. The fourth-order valence-corrected chi connectivity index (χ4v) is 4.11. The number of hydrogen-bond donors (Lipinski definition) is 0. The Morgan fingerprint density at radius 2 is 2.06 bits per heavy atom. The second-order valence-electron chi connectivity index (χ2n) is 3.68. The highest BCUT2D eigenvalue weighted by Crippen LogP contribution is 2.41. The summed E-state index contributed by atoms with van der Waals surface area (Å²) in [5.41, 5.74) is 0.667. The number of rotatable bonds is 1. The van der Waals surface area contributed by atoms with Crippen LogP contribution in [0.2, 0.25) is 5.02 Å². The van der Waals surface area contributed by atoms with E-state index in [1.165, 1.54) is 0 Å². The van der Waals surface area contributed by atoms with E-state index in [0.717, 1.165) is 36.0 Å². The van der Waals surface area contributed by atoms with E-state index in [4.69, 9.17) is 11.6 Å². The Bertz CT molecular complexity index is 748. The SMILES string of the molecule is O=Cc1ccc2c(sc3cccc(Cl)c32)c1Br. The maximum Gasteiger partial charge on any atom is 0.151 e. The minimum absolute atomic E-state index is 0.667. The normalized spacial score (nSPS) is 11.2. The number of fused-ring (bicyclic) bond motifs is 3. The van der Waals surface area contributed by atoms with E-state index in [-0.39, 0.29) is 0 Å². The number of halogens is 2. The van der Waals surface area contributed by atoms with Gasteiger partial charge in [-0.3, -0.25) is 4.79 Å². The maximum absolute atomic E-state index is 10.9. The second-order valence-corrected chi connectivity index (χ2v) is 5.93. The first-order valence-electron chi connectivity index (χ1n) is 4.97. The van der Waals surface area contributed by atoms with Crippen LogP contribution in [-0.2, 0) is 0 Å². The molecule has 0 aliphatic carbocycles. The van der Waals surface area contributed by atoms with E-state index in [2.05, 4.69) is 15.9 Å². The third kappa shape index (κ3) is 1.61. The van der Waals surface area contributed by atoms with Gasteiger partial charge in [-0.25, -0.2) is 0 Å². The molecule has 3 rings (SSSR count). The van der Waals surface area contributed by atoms with Crippen molar-refractivity contribution in [1.29, 1.82) is 0 Å². The second kappa shape index (κ2) is 4.09. The Morgan fingerprint density at radius 3 is 2.82 bits per heavy atom. The van der Waals surface area contributed by atoms with Crippen LogP contribution in [0, 0.1) is 0 Å². The molecule has 2 aromatic carbocycles. The van der Waals surface area contributed by atoms with Gasteiger partial charge in [-0.05, 0) is 34.1 Å². The van der Waals surface area contributed by atoms with Gasteiger partial charge in [0.05, 0.1) is 4.70 Å². The van der Waals surface area contributed by atoms with Crippen molar-refractivity contribution in [3.63, 3.8) is 0 Å². The van der Waals surface area contributed by atoms with Gasteiger partial charge in [-0.1, -0.05) is 23.7 Å². The summed E-state index contributed by atoms with van der Waals surface area (Å²) in [5.74, 6) is 0. The van der Waals surface area contributed by atoms with Crippen LogP contribution in [0.25, 0.3) is 20.2 Å². The van der Waals surface area contributed by atoms with Gasteiger partial charge in [0.25, 0.3) is 0 Å². The van der Waals surface area contributed by atoms with Crippen molar-refractivity contribution in [2.45, 2.75) is 0 Å². The molecule has 0 saturated carbocycles. The standard InChI is InChI=1S/C13H6BrClOS/c14-12-7(6-16)4-5-8-11-9(15)2-1-3-10(11)17-13(8)12/h1-6H. The summed E-state index contributed by atoms with van der Waals surface area (Å²) in [4.78, 5) is 10.9. The number of hydrogen-bond acceptors (Lipinski definition) is 2. The number of carbonyl (C=O) groups excluding carboxylic acids is 1. The van der Waals surface area contributed by atoms with Crippen LogP contribution in [-0.4, -0.2) is 6.29 Å². The van der Waals surface area contributed by atoms with Crippen LogP contribution in [0.4, 0.5) is 0 Å². The van der Waals surface area contributed by atoms with E-state index < -0.39 is 0 Å². The first-order valence-corrected chi connectivity index (χ1v) is 6.95. The van der Waals surface area contributed by atoms with Crippen LogP contribution < -0.4 is 0 Å². The van der Waals surface area contributed by atoms with Gasteiger partial charge < -0.3 is 0 Å². The molecule has 84 valence electrons. The number of carbonyl (C=O) groups is 1. The highest BCUT2D eigenvalue weighted by Gasteiger charge is 2.12. The zero-order valence-corrected chi connectivity index (χ0v) is 11.7. The Labute approximate surface area is 115 Å². The highest BCUT2D eigenvalue weighted by molar-refractivity contribution is 9.10. The summed E-state index contributed by atoms with van der Waals surface area (Å²) in [6, 6.07) is 9.63. The molecule has 0 atom stereocenters. The molecule has 0 aliphatic rings. The van der Waals surface area contributed by atoms with Crippen LogP contribution in [0.15, 0.2) is 34.8 Å². The van der Waals surface area contributed by atoms with Gasteiger partial charge >= 0.3 is 0 Å². The molecule has 0 N–H and O–H groups in total. The molecule has 0 saturated heterocycles. The van der Waals surface area contributed by atoms with E-state index in [9.17, 15) is 4.79 Å². The van der Waals surface area contributed by atoms with Gasteiger partial charge in [-0.2, -0.15) is 0 Å². The lowest BCUT2D eigenvalue weighted by molar-refractivity contribution is 0.112. The summed E-state index contributed by atoms with van der Waals surface area (Å²) in [6.07, 6.45) is 0.857. The predicted octanol–water partition coefficient (Wildman–Crippen LogP) is 5.28. The fourth-order valence-electron chi connectivity index (χ4n) is 1.92. The van der Waals surface area contributed by atoms with Gasteiger partial charge in [0.1, 0.15) is 0 Å². The molecule has 0 bridgehead atoms. The van der Waals surface area contributed by atoms with E-state index in [0.29, 0.717) is 5.56 Å². The van der Waals surface area contributed by atoms with Crippen molar-refractivity contribution in [2.75, 3.05) is 0 Å². The molecule has 4 heteroatoms. The Hall–Kier alpha value is -0.900. The van der Waals surface area contributed by atoms with E-state index in [1.807, 2.05) is 30.3 Å². The largest absolute Gasteiger partial charge is 0.298 e. The lowest BCUT2D eigenvalue weighted by atomic mass is 10.1. The van der Waals surface area contributed by atoms with E-state index in [1.54, 1.807) is 11.3 Å². The molecular formula is C13H6BrClOS. The average Bonchev–Trinajstić information content (AvgIpc) is 2.70. The molecule has 0 radical (unpaired) electrons. The van der Waals surface area contributed by atoms with Crippen LogP contribution in [0.1, 0.15) is 10.4 Å². The van der Waals surface area contributed by atoms with Gasteiger partial charge in [0, 0.05) is 30.5 Å². The quantitative estimate of drug-likeness (QED) is 0.556. The topological polar surface area (TPSA) is 17.1 Å². The first kappa shape index (κ1) is 11.2. The van der Waals surface area contributed by atoms with Crippen molar-refractivity contribution < 1.29 is 4.79 Å². The van der Waals surface area contributed by atoms with Crippen molar-refractivity contribution in [3.05, 3.63) is 45.4 Å². The molecule has 1 nitrogen and oxygen atoms in total. The molecule has 1 aromatic heterocycles. The molecule has 0 amide bonds. The van der Waals surface area contributed by atoms with Gasteiger partial charge in [0.15, 0.2) is 6.29 Å². The first-order chi connectivity index (χ1) is 8.22. The van der Waals surface area contributed by atoms with Crippen molar-refractivity contribution in [3.8, 4) is 0 Å². The minimum Gasteiger partial charge on any atom is -0.298 e. The molecule has 0 aliphatic heterocycles. The Morgan fingerprint density at radius 1 is 1.24 bits per heavy atom. The predicted molar refractivity (Wildman–Crippen MR) is 77.4 cm³/mol. The van der Waals surface area contributed by atoms with E-state index >= 15 is 0 Å². The fraction of sp³-hybridized carbons (Fsp3) is 0. The minimum atomic E-state index is 0.667. The van der Waals surface area contributed by atoms with Gasteiger partial charge in [0.2, 0.25) is 0 Å². The summed E-state index contributed by atoms with van der Waals surface area (Å²) >= 11 is 11.3. The number of benzene rings is 2. The summed E-state index contributed by atoms with van der Waals surface area (Å²) in [7, 11) is 0. The molecule has 1 heterocycles. The third-order valence-electron chi connectivity index (χ3n) is 2.71. The summed E-state index contributed by atoms with van der Waals surface area (Å²) in [5, 5.41) is 2.90. The van der Waals surface area contributed by atoms with Crippen molar-refractivity contribution in [1.82, 2.24) is 0 Å². The summed E-state index contributed by atoms with van der Waals surface area (Å²) in [6.45, 7) is 0. The molecule has 0 unspecified atom stereocenters.